The van der Waals surface area contributed by atoms with Crippen LogP contribution in [-0.4, -0.2) is 49.4 Å². The second-order valence-electron chi connectivity index (χ2n) is 6.97. The van der Waals surface area contributed by atoms with E-state index in [1.165, 1.54) is 0 Å². The van der Waals surface area contributed by atoms with Crippen molar-refractivity contribution in [3.8, 4) is 11.5 Å². The fraction of sp³-hybridized carbons (Fsp3) is 0.500. The molecule has 0 aromatic carbocycles. The largest absolute Gasteiger partial charge is 0.372 e. The van der Waals surface area contributed by atoms with Crippen LogP contribution in [0.5, 0.6) is 0 Å². The van der Waals surface area contributed by atoms with Crippen LogP contribution >= 0.6 is 0 Å². The average molecular weight is 340 g/mol. The summed E-state index contributed by atoms with van der Waals surface area (Å²) in [5.74, 6) is 1.94. The molecule has 7 nitrogen and oxygen atoms in total. The first-order valence-electron chi connectivity index (χ1n) is 8.69. The van der Waals surface area contributed by atoms with E-state index in [2.05, 4.69) is 37.6 Å². The van der Waals surface area contributed by atoms with Crippen LogP contribution in [0.4, 0.5) is 5.82 Å². The Kier molecular flexibility index (Phi) is 3.76. The van der Waals surface area contributed by atoms with Crippen molar-refractivity contribution in [2.45, 2.75) is 39.9 Å². The topological polar surface area (TPSA) is 60.5 Å². The molecule has 0 bridgehead atoms. The molecule has 2 atom stereocenters. The Morgan fingerprint density at radius 1 is 1.16 bits per heavy atom. The fourth-order valence-corrected chi connectivity index (χ4v) is 3.63. The third-order valence-electron chi connectivity index (χ3n) is 4.82. The Balaban J connectivity index is 1.89. The maximum atomic E-state index is 5.90. The van der Waals surface area contributed by atoms with Crippen molar-refractivity contribution >= 4 is 11.5 Å². The van der Waals surface area contributed by atoms with Gasteiger partial charge in [0.1, 0.15) is 11.5 Å². The van der Waals surface area contributed by atoms with Gasteiger partial charge >= 0.3 is 0 Å². The van der Waals surface area contributed by atoms with Crippen molar-refractivity contribution in [1.29, 1.82) is 0 Å². The van der Waals surface area contributed by atoms with E-state index in [1.807, 2.05) is 28.4 Å². The number of morpholine rings is 1. The number of anilines is 1. The van der Waals surface area contributed by atoms with Gasteiger partial charge in [0.05, 0.1) is 12.2 Å². The second-order valence-corrected chi connectivity index (χ2v) is 6.97. The van der Waals surface area contributed by atoms with E-state index in [0.29, 0.717) is 0 Å². The summed E-state index contributed by atoms with van der Waals surface area (Å²) in [6.45, 7) is 10.1. The molecule has 1 aliphatic rings. The van der Waals surface area contributed by atoms with Gasteiger partial charge in [-0.3, -0.25) is 0 Å². The number of hydrogen-bond donors (Lipinski definition) is 0. The molecule has 1 aliphatic heterocycles. The number of aryl methyl sites for hydroxylation is 2. The van der Waals surface area contributed by atoms with E-state index >= 15 is 0 Å². The van der Waals surface area contributed by atoms with Gasteiger partial charge in [0.25, 0.3) is 0 Å². The summed E-state index contributed by atoms with van der Waals surface area (Å²) in [6.07, 6.45) is 4.10. The van der Waals surface area contributed by atoms with Crippen LogP contribution in [0, 0.1) is 13.8 Å². The van der Waals surface area contributed by atoms with Crippen LogP contribution in [-0.2, 0) is 11.8 Å². The molecular formula is C18H24N6O. The molecule has 3 aromatic rings. The second kappa shape index (κ2) is 5.84. The van der Waals surface area contributed by atoms with E-state index in [4.69, 9.17) is 14.8 Å². The molecule has 3 aromatic heterocycles. The number of nitrogens with zero attached hydrogens (tertiary/aromatic N) is 6. The fourth-order valence-electron chi connectivity index (χ4n) is 3.63. The van der Waals surface area contributed by atoms with Gasteiger partial charge in [-0.15, -0.1) is 0 Å². The summed E-state index contributed by atoms with van der Waals surface area (Å²) in [5.41, 5.74) is 3.87. The molecule has 0 radical (unpaired) electrons. The van der Waals surface area contributed by atoms with Crippen molar-refractivity contribution in [2.24, 2.45) is 7.05 Å². The van der Waals surface area contributed by atoms with Crippen molar-refractivity contribution in [1.82, 2.24) is 24.1 Å². The van der Waals surface area contributed by atoms with Crippen LogP contribution in [0.2, 0.25) is 0 Å². The van der Waals surface area contributed by atoms with Crippen molar-refractivity contribution in [3.05, 3.63) is 29.7 Å². The lowest BCUT2D eigenvalue weighted by Crippen LogP contribution is -2.46. The molecule has 0 N–H and O–H groups in total. The minimum atomic E-state index is 0.191. The average Bonchev–Trinajstić information content (AvgIpc) is 3.13. The van der Waals surface area contributed by atoms with Crippen molar-refractivity contribution in [3.63, 3.8) is 0 Å². The van der Waals surface area contributed by atoms with Gasteiger partial charge in [0, 0.05) is 49.9 Å². The number of ether oxygens (including phenoxy) is 1. The molecular weight excluding hydrogens is 316 g/mol. The van der Waals surface area contributed by atoms with E-state index < -0.39 is 0 Å². The molecule has 0 spiro atoms. The SMILES string of the molecule is Cc1nc2cc(-c3nccn3C)nn2c(N2C[C@@H](C)O[C@H](C)C2)c1C. The third-order valence-corrected chi connectivity index (χ3v) is 4.82. The number of hydrogen-bond acceptors (Lipinski definition) is 5. The van der Waals surface area contributed by atoms with Gasteiger partial charge < -0.3 is 14.2 Å². The quantitative estimate of drug-likeness (QED) is 0.717. The third kappa shape index (κ3) is 2.68. The molecule has 4 rings (SSSR count). The minimum absolute atomic E-state index is 0.191. The zero-order valence-electron chi connectivity index (χ0n) is 15.4. The minimum Gasteiger partial charge on any atom is -0.372 e. The van der Waals surface area contributed by atoms with Crippen LogP contribution in [0.15, 0.2) is 18.5 Å². The molecule has 25 heavy (non-hydrogen) atoms. The number of rotatable bonds is 2. The zero-order chi connectivity index (χ0) is 17.7. The summed E-state index contributed by atoms with van der Waals surface area (Å²) in [4.78, 5) is 11.5. The normalized spacial score (nSPS) is 21.2. The van der Waals surface area contributed by atoms with Gasteiger partial charge in [0.15, 0.2) is 11.5 Å². The van der Waals surface area contributed by atoms with Gasteiger partial charge in [-0.25, -0.2) is 9.97 Å². The van der Waals surface area contributed by atoms with Gasteiger partial charge in [-0.2, -0.15) is 9.61 Å². The summed E-state index contributed by atoms with van der Waals surface area (Å²) in [6, 6.07) is 2.01. The highest BCUT2D eigenvalue weighted by atomic mass is 16.5. The maximum Gasteiger partial charge on any atom is 0.160 e. The Bertz CT molecular complexity index is 917. The summed E-state index contributed by atoms with van der Waals surface area (Å²) in [7, 11) is 1.97. The van der Waals surface area contributed by atoms with E-state index in [9.17, 15) is 0 Å². The van der Waals surface area contributed by atoms with Crippen LogP contribution in [0.3, 0.4) is 0 Å². The summed E-state index contributed by atoms with van der Waals surface area (Å²) < 4.78 is 9.83. The van der Waals surface area contributed by atoms with Gasteiger partial charge in [-0.1, -0.05) is 0 Å². The highest BCUT2D eigenvalue weighted by molar-refractivity contribution is 5.63. The predicted molar refractivity (Wildman–Crippen MR) is 96.9 cm³/mol. The van der Waals surface area contributed by atoms with E-state index in [-0.39, 0.29) is 12.2 Å². The van der Waals surface area contributed by atoms with E-state index in [1.54, 1.807) is 6.20 Å². The Labute approximate surface area is 147 Å². The van der Waals surface area contributed by atoms with Crippen LogP contribution in [0.25, 0.3) is 17.2 Å². The first-order valence-corrected chi connectivity index (χ1v) is 8.69. The Hall–Kier alpha value is -2.41. The number of aromatic nitrogens is 5. The maximum absolute atomic E-state index is 5.90. The molecule has 0 aliphatic carbocycles. The predicted octanol–water partition coefficient (Wildman–Crippen LogP) is 2.36. The lowest BCUT2D eigenvalue weighted by Gasteiger charge is -2.37. The first kappa shape index (κ1) is 16.1. The van der Waals surface area contributed by atoms with Crippen molar-refractivity contribution < 1.29 is 4.74 Å². The molecule has 132 valence electrons. The van der Waals surface area contributed by atoms with Gasteiger partial charge in [0.2, 0.25) is 0 Å². The summed E-state index contributed by atoms with van der Waals surface area (Å²) >= 11 is 0. The molecule has 4 heterocycles. The number of imidazole rings is 1. The molecule has 0 saturated carbocycles. The van der Waals surface area contributed by atoms with Gasteiger partial charge in [-0.05, 0) is 27.7 Å². The standard InChI is InChI=1S/C18H24N6O/c1-11-9-23(10-12(2)25-11)18-13(3)14(4)20-16-8-15(21-24(16)18)17-19-6-7-22(17)5/h6-8,11-12H,9-10H2,1-5H3/t11-,12-/m1/s1. The van der Waals surface area contributed by atoms with Crippen molar-refractivity contribution in [2.75, 3.05) is 18.0 Å². The highest BCUT2D eigenvalue weighted by Crippen LogP contribution is 2.28. The molecule has 1 saturated heterocycles. The molecule has 0 unspecified atom stereocenters. The molecule has 7 heteroatoms. The zero-order valence-corrected chi connectivity index (χ0v) is 15.4. The summed E-state index contributed by atoms with van der Waals surface area (Å²) in [5, 5.41) is 4.83. The Morgan fingerprint density at radius 2 is 1.88 bits per heavy atom. The van der Waals surface area contributed by atoms with E-state index in [0.717, 1.165) is 47.3 Å². The number of fused-ring (bicyclic) bond motifs is 1. The Morgan fingerprint density at radius 3 is 2.52 bits per heavy atom. The highest BCUT2D eigenvalue weighted by Gasteiger charge is 2.27. The monoisotopic (exact) mass is 340 g/mol. The first-order chi connectivity index (χ1) is 11.9. The molecule has 0 amide bonds. The van der Waals surface area contributed by atoms with Crippen LogP contribution < -0.4 is 4.90 Å². The smallest absolute Gasteiger partial charge is 0.160 e. The lowest BCUT2D eigenvalue weighted by atomic mass is 10.2. The molecule has 1 fully saturated rings. The lowest BCUT2D eigenvalue weighted by molar-refractivity contribution is -0.00561. The van der Waals surface area contributed by atoms with Crippen LogP contribution in [0.1, 0.15) is 25.1 Å².